The number of methoxy groups -OCH3 is 1. The van der Waals surface area contributed by atoms with Gasteiger partial charge in [-0.25, -0.2) is 8.42 Å². The number of carbonyl (C=O) groups is 1. The van der Waals surface area contributed by atoms with E-state index in [4.69, 9.17) is 9.47 Å². The lowest BCUT2D eigenvalue weighted by molar-refractivity contribution is -0.127. The van der Waals surface area contributed by atoms with E-state index in [1.54, 1.807) is 31.4 Å². The van der Waals surface area contributed by atoms with Gasteiger partial charge in [-0.3, -0.25) is 4.79 Å². The molecular formula is C26H34N2O5S. The van der Waals surface area contributed by atoms with Crippen LogP contribution in [0.4, 0.5) is 0 Å². The van der Waals surface area contributed by atoms with Crippen LogP contribution in [0, 0.1) is 5.92 Å². The van der Waals surface area contributed by atoms with Crippen molar-refractivity contribution in [2.24, 2.45) is 5.92 Å². The molecule has 0 saturated carbocycles. The number of hydrogen-bond acceptors (Lipinski definition) is 5. The highest BCUT2D eigenvalue weighted by molar-refractivity contribution is 7.89. The van der Waals surface area contributed by atoms with E-state index in [-0.39, 0.29) is 29.0 Å². The van der Waals surface area contributed by atoms with Crippen LogP contribution in [-0.2, 0) is 14.8 Å². The second-order valence-corrected chi connectivity index (χ2v) is 11.1. The van der Waals surface area contributed by atoms with Gasteiger partial charge in [-0.15, -0.1) is 0 Å². The number of ether oxygens (including phenoxy) is 2. The number of hydrogen-bond donors (Lipinski definition) is 1. The summed E-state index contributed by atoms with van der Waals surface area (Å²) in [5.74, 6) is 0.920. The maximum atomic E-state index is 13.4. The number of amides is 1. The molecule has 1 fully saturated rings. The van der Waals surface area contributed by atoms with Crippen LogP contribution < -0.4 is 14.8 Å². The quantitative estimate of drug-likeness (QED) is 0.631. The van der Waals surface area contributed by atoms with Crippen LogP contribution in [0.15, 0.2) is 53.4 Å². The van der Waals surface area contributed by atoms with Crippen molar-refractivity contribution in [1.82, 2.24) is 9.62 Å². The van der Waals surface area contributed by atoms with Gasteiger partial charge in [0, 0.05) is 25.1 Å². The summed E-state index contributed by atoms with van der Waals surface area (Å²) in [4.78, 5) is 13.6. The Hall–Kier alpha value is -2.58. The molecule has 7 nitrogen and oxygen atoms in total. The number of nitrogens with one attached hydrogen (secondary N) is 1. The number of sulfonamides is 1. The fourth-order valence-corrected chi connectivity index (χ4v) is 6.51. The topological polar surface area (TPSA) is 84.9 Å². The molecule has 1 saturated heterocycles. The lowest BCUT2D eigenvalue weighted by atomic mass is 9.83. The summed E-state index contributed by atoms with van der Waals surface area (Å²) in [6, 6.07) is 14.1. The summed E-state index contributed by atoms with van der Waals surface area (Å²) in [5, 5.41) is 3.24. The van der Waals surface area contributed by atoms with Crippen LogP contribution in [0.1, 0.15) is 57.6 Å². The maximum Gasteiger partial charge on any atom is 0.243 e. The summed E-state index contributed by atoms with van der Waals surface area (Å²) in [6.07, 6.45) is 3.70. The molecule has 0 aliphatic carbocycles. The zero-order valence-electron chi connectivity index (χ0n) is 20.1. The predicted octanol–water partition coefficient (Wildman–Crippen LogP) is 4.29. The normalized spacial score (nSPS) is 22.3. The number of rotatable bonds is 7. The van der Waals surface area contributed by atoms with Crippen molar-refractivity contribution in [3.05, 3.63) is 54.1 Å². The largest absolute Gasteiger partial charge is 0.497 e. The molecule has 8 heteroatoms. The Bertz CT molecular complexity index is 1110. The molecule has 0 radical (unpaired) electrons. The first-order valence-electron chi connectivity index (χ1n) is 12.0. The molecule has 184 valence electrons. The molecule has 2 aliphatic rings. The van der Waals surface area contributed by atoms with Crippen LogP contribution in [0.2, 0.25) is 0 Å². The van der Waals surface area contributed by atoms with Crippen molar-refractivity contribution in [3.63, 3.8) is 0 Å². The zero-order valence-corrected chi connectivity index (χ0v) is 20.9. The fourth-order valence-electron chi connectivity index (χ4n) is 4.99. The number of nitrogens with zero attached hydrogens (tertiary/aromatic N) is 1. The van der Waals surface area contributed by atoms with Crippen LogP contribution in [-0.4, -0.2) is 44.4 Å². The predicted molar refractivity (Wildman–Crippen MR) is 130 cm³/mol. The van der Waals surface area contributed by atoms with Crippen LogP contribution in [0.3, 0.4) is 0 Å². The lowest BCUT2D eigenvalue weighted by Gasteiger charge is -2.42. The summed E-state index contributed by atoms with van der Waals surface area (Å²) in [7, 11) is -2.14. The van der Waals surface area contributed by atoms with Gasteiger partial charge in [0.05, 0.1) is 24.0 Å². The molecule has 2 aliphatic heterocycles. The van der Waals surface area contributed by atoms with E-state index < -0.39 is 15.9 Å². The molecule has 2 aromatic rings. The average molecular weight is 487 g/mol. The molecule has 0 bridgehead atoms. The first kappa shape index (κ1) is 24.5. The van der Waals surface area contributed by atoms with Crippen molar-refractivity contribution in [2.75, 3.05) is 20.2 Å². The fraction of sp³-hybridized carbons (Fsp3) is 0.500. The summed E-state index contributed by atoms with van der Waals surface area (Å²) < 4.78 is 39.3. The molecular weight excluding hydrogens is 452 g/mol. The lowest BCUT2D eigenvalue weighted by Crippen LogP contribution is -2.49. The Labute approximate surface area is 202 Å². The van der Waals surface area contributed by atoms with Gasteiger partial charge in [0.1, 0.15) is 17.1 Å². The van der Waals surface area contributed by atoms with Crippen molar-refractivity contribution in [2.45, 2.75) is 62.5 Å². The second-order valence-electron chi connectivity index (χ2n) is 9.17. The van der Waals surface area contributed by atoms with E-state index >= 15 is 0 Å². The van der Waals surface area contributed by atoms with E-state index in [2.05, 4.69) is 19.2 Å². The molecule has 34 heavy (non-hydrogen) atoms. The Morgan fingerprint density at radius 1 is 1.15 bits per heavy atom. The molecule has 1 N–H and O–H groups in total. The van der Waals surface area contributed by atoms with E-state index in [1.807, 2.05) is 24.3 Å². The first-order chi connectivity index (χ1) is 16.3. The van der Waals surface area contributed by atoms with Gasteiger partial charge in [0.25, 0.3) is 0 Å². The zero-order chi connectivity index (χ0) is 24.3. The molecule has 4 rings (SSSR count). The highest BCUT2D eigenvalue weighted by Gasteiger charge is 2.40. The highest BCUT2D eigenvalue weighted by Crippen LogP contribution is 2.42. The number of fused-ring (bicyclic) bond motifs is 1. The third-order valence-electron chi connectivity index (χ3n) is 7.25. The molecule has 2 atom stereocenters. The van der Waals surface area contributed by atoms with E-state index in [9.17, 15) is 13.2 Å². The maximum absolute atomic E-state index is 13.4. The Morgan fingerprint density at radius 3 is 2.53 bits per heavy atom. The summed E-state index contributed by atoms with van der Waals surface area (Å²) in [5.41, 5.74) is 0.662. The van der Waals surface area contributed by atoms with Gasteiger partial charge in [-0.2, -0.15) is 4.31 Å². The monoisotopic (exact) mass is 486 g/mol. The Kier molecular flexibility index (Phi) is 7.19. The smallest absolute Gasteiger partial charge is 0.243 e. The van der Waals surface area contributed by atoms with Gasteiger partial charge in [0.2, 0.25) is 15.9 Å². The molecule has 2 heterocycles. The van der Waals surface area contributed by atoms with Crippen LogP contribution in [0.25, 0.3) is 0 Å². The second kappa shape index (κ2) is 9.96. The van der Waals surface area contributed by atoms with Crippen molar-refractivity contribution < 1.29 is 22.7 Å². The molecule has 0 spiro atoms. The molecule has 0 aromatic heterocycles. The van der Waals surface area contributed by atoms with Gasteiger partial charge in [0.15, 0.2) is 0 Å². The number of piperidine rings is 1. The van der Waals surface area contributed by atoms with Crippen LogP contribution in [0.5, 0.6) is 11.5 Å². The SMILES string of the molecule is CCC1(CC)C[C@@H](NC(=O)[C@H]2CCCN(S(=O)(=O)c3ccc(OC)cc3)C2)c2ccccc2O1. The number of para-hydroxylation sites is 1. The minimum atomic E-state index is -3.68. The summed E-state index contributed by atoms with van der Waals surface area (Å²) >= 11 is 0. The average Bonchev–Trinajstić information content (AvgIpc) is 2.88. The first-order valence-corrected chi connectivity index (χ1v) is 13.5. The van der Waals surface area contributed by atoms with E-state index in [0.29, 0.717) is 31.6 Å². The summed E-state index contributed by atoms with van der Waals surface area (Å²) in [6.45, 7) is 4.81. The minimum absolute atomic E-state index is 0.0996. The van der Waals surface area contributed by atoms with Crippen molar-refractivity contribution >= 4 is 15.9 Å². The third kappa shape index (κ3) is 4.79. The number of carbonyl (C=O) groups excluding carboxylic acids is 1. The van der Waals surface area contributed by atoms with E-state index in [1.165, 1.54) is 4.31 Å². The van der Waals surface area contributed by atoms with Gasteiger partial charge in [-0.1, -0.05) is 32.0 Å². The van der Waals surface area contributed by atoms with Crippen molar-refractivity contribution in [1.29, 1.82) is 0 Å². The van der Waals surface area contributed by atoms with Gasteiger partial charge >= 0.3 is 0 Å². The Balaban J connectivity index is 1.50. The van der Waals surface area contributed by atoms with E-state index in [0.717, 1.165) is 24.2 Å². The Morgan fingerprint density at radius 2 is 1.85 bits per heavy atom. The van der Waals surface area contributed by atoms with Crippen molar-refractivity contribution in [3.8, 4) is 11.5 Å². The molecule has 0 unspecified atom stereocenters. The minimum Gasteiger partial charge on any atom is -0.497 e. The number of benzene rings is 2. The third-order valence-corrected chi connectivity index (χ3v) is 9.13. The highest BCUT2D eigenvalue weighted by atomic mass is 32.2. The molecule has 1 amide bonds. The van der Waals surface area contributed by atoms with Gasteiger partial charge in [-0.05, 0) is 56.0 Å². The van der Waals surface area contributed by atoms with Gasteiger partial charge < -0.3 is 14.8 Å². The molecule has 2 aromatic carbocycles. The van der Waals surface area contributed by atoms with Crippen LogP contribution >= 0.6 is 0 Å². The standard InChI is InChI=1S/C26H34N2O5S/c1-4-26(5-2)17-23(22-10-6-7-11-24(22)33-26)27-25(29)19-9-8-16-28(18-19)34(30,31)21-14-12-20(32-3)13-15-21/h6-7,10-15,19,23H,4-5,8-9,16-18H2,1-3H3,(H,27,29)/t19-,23+/m0/s1.